The predicted molar refractivity (Wildman–Crippen MR) is 129 cm³/mol. The maximum atomic E-state index is 9.87. The summed E-state index contributed by atoms with van der Waals surface area (Å²) in [5.41, 5.74) is 8.69. The van der Waals surface area contributed by atoms with Gasteiger partial charge < -0.3 is 4.57 Å². The predicted octanol–water partition coefficient (Wildman–Crippen LogP) is 7.51. The van der Waals surface area contributed by atoms with Crippen LogP contribution in [0, 0.1) is 17.9 Å². The van der Waals surface area contributed by atoms with Crippen molar-refractivity contribution in [3.63, 3.8) is 0 Å². The van der Waals surface area contributed by atoms with Gasteiger partial charge in [0.15, 0.2) is 0 Å². The average molecular weight is 409 g/mol. The molecule has 150 valence electrons. The summed E-state index contributed by atoms with van der Waals surface area (Å²) in [6, 6.07) is 29.1. The Labute approximate surface area is 186 Å². The molecule has 6 rings (SSSR count). The molecular formula is C29H19N3. The first kappa shape index (κ1) is 18.4. The second-order valence-electron chi connectivity index (χ2n) is 8.83. The van der Waals surface area contributed by atoms with Gasteiger partial charge in [-0.25, -0.2) is 4.85 Å². The Kier molecular flexibility index (Phi) is 3.65. The zero-order chi connectivity index (χ0) is 22.0. The molecule has 0 amide bonds. The van der Waals surface area contributed by atoms with E-state index in [0.717, 1.165) is 21.8 Å². The molecule has 1 aromatic heterocycles. The highest BCUT2D eigenvalue weighted by molar-refractivity contribution is 6.12. The maximum Gasteiger partial charge on any atom is 0.211 e. The van der Waals surface area contributed by atoms with E-state index in [1.807, 2.05) is 12.1 Å². The Bertz CT molecular complexity index is 1640. The zero-order valence-corrected chi connectivity index (χ0v) is 17.8. The normalized spacial score (nSPS) is 13.5. The van der Waals surface area contributed by atoms with Crippen LogP contribution in [0.2, 0.25) is 0 Å². The van der Waals surface area contributed by atoms with Crippen molar-refractivity contribution in [2.45, 2.75) is 19.3 Å². The van der Waals surface area contributed by atoms with E-state index in [4.69, 9.17) is 6.57 Å². The topological polar surface area (TPSA) is 33.1 Å². The van der Waals surface area contributed by atoms with Crippen LogP contribution in [-0.2, 0) is 5.41 Å². The van der Waals surface area contributed by atoms with Gasteiger partial charge in [0, 0.05) is 16.2 Å². The number of fused-ring (bicyclic) bond motifs is 6. The molecular weight excluding hydrogens is 390 g/mol. The number of nitrogens with zero attached hydrogens (tertiary/aromatic N) is 3. The van der Waals surface area contributed by atoms with Crippen molar-refractivity contribution in [2.24, 2.45) is 0 Å². The summed E-state index contributed by atoms with van der Waals surface area (Å²) in [6.45, 7) is 12.3. The van der Waals surface area contributed by atoms with Crippen molar-refractivity contribution < 1.29 is 0 Å². The molecule has 0 N–H and O–H groups in total. The summed E-state index contributed by atoms with van der Waals surface area (Å²) in [4.78, 5) is 3.76. The number of nitriles is 1. The number of benzene rings is 4. The molecule has 1 aliphatic rings. The first-order chi connectivity index (χ1) is 15.6. The van der Waals surface area contributed by atoms with Crippen molar-refractivity contribution in [3.05, 3.63) is 107 Å². The van der Waals surface area contributed by atoms with Gasteiger partial charge >= 0.3 is 0 Å². The molecule has 1 heterocycles. The van der Waals surface area contributed by atoms with Crippen molar-refractivity contribution in [2.75, 3.05) is 0 Å². The molecule has 4 aromatic carbocycles. The van der Waals surface area contributed by atoms with E-state index in [9.17, 15) is 5.26 Å². The molecule has 0 spiro atoms. The van der Waals surface area contributed by atoms with Crippen LogP contribution in [0.1, 0.15) is 30.5 Å². The Balaban J connectivity index is 1.83. The van der Waals surface area contributed by atoms with Gasteiger partial charge in [-0.2, -0.15) is 5.26 Å². The van der Waals surface area contributed by atoms with Gasteiger partial charge in [0.1, 0.15) is 0 Å². The molecule has 0 radical (unpaired) electrons. The summed E-state index contributed by atoms with van der Waals surface area (Å²) in [6.07, 6.45) is 0. The molecule has 32 heavy (non-hydrogen) atoms. The van der Waals surface area contributed by atoms with Crippen LogP contribution >= 0.6 is 0 Å². The lowest BCUT2D eigenvalue weighted by Crippen LogP contribution is -2.14. The van der Waals surface area contributed by atoms with E-state index in [2.05, 4.69) is 77.9 Å². The molecule has 5 aromatic rings. The van der Waals surface area contributed by atoms with E-state index in [1.165, 1.54) is 22.3 Å². The average Bonchev–Trinajstić information content (AvgIpc) is 3.26. The van der Waals surface area contributed by atoms with Crippen molar-refractivity contribution >= 4 is 27.5 Å². The van der Waals surface area contributed by atoms with Crippen LogP contribution in [0.5, 0.6) is 0 Å². The van der Waals surface area contributed by atoms with Gasteiger partial charge in [-0.1, -0.05) is 68.4 Å². The van der Waals surface area contributed by atoms with Crippen LogP contribution in [0.25, 0.3) is 43.5 Å². The second-order valence-corrected chi connectivity index (χ2v) is 8.83. The Morgan fingerprint density at radius 1 is 0.812 bits per heavy atom. The number of rotatable bonds is 1. The van der Waals surface area contributed by atoms with Crippen LogP contribution in [0.15, 0.2) is 78.9 Å². The molecule has 0 saturated heterocycles. The zero-order valence-electron chi connectivity index (χ0n) is 17.8. The van der Waals surface area contributed by atoms with E-state index >= 15 is 0 Å². The third-order valence-electron chi connectivity index (χ3n) is 6.86. The maximum absolute atomic E-state index is 9.87. The SMILES string of the molecule is [C-]#[N+]c1cccc(C#N)c1-n1c2ccccc2c2cc3c(cc21)-c1ccccc1C3(C)C. The molecule has 0 bridgehead atoms. The second kappa shape index (κ2) is 6.33. The van der Waals surface area contributed by atoms with Crippen molar-refractivity contribution in [1.82, 2.24) is 4.57 Å². The van der Waals surface area contributed by atoms with E-state index in [1.54, 1.807) is 18.2 Å². The number of para-hydroxylation sites is 2. The molecule has 1 aliphatic carbocycles. The Morgan fingerprint density at radius 2 is 1.59 bits per heavy atom. The lowest BCUT2D eigenvalue weighted by atomic mass is 9.82. The van der Waals surface area contributed by atoms with E-state index in [-0.39, 0.29) is 5.41 Å². The van der Waals surface area contributed by atoms with Gasteiger partial charge in [-0.15, -0.1) is 0 Å². The van der Waals surface area contributed by atoms with Gasteiger partial charge in [0.2, 0.25) is 5.69 Å². The lowest BCUT2D eigenvalue weighted by molar-refractivity contribution is 0.661. The minimum absolute atomic E-state index is 0.0877. The van der Waals surface area contributed by atoms with Crippen LogP contribution in [-0.4, -0.2) is 4.57 Å². The smallest absolute Gasteiger partial charge is 0.211 e. The fraction of sp³-hybridized carbons (Fsp3) is 0.103. The first-order valence-electron chi connectivity index (χ1n) is 10.6. The molecule has 0 aliphatic heterocycles. The highest BCUT2D eigenvalue weighted by atomic mass is 15.0. The minimum atomic E-state index is -0.0877. The largest absolute Gasteiger partial charge is 0.318 e. The molecule has 3 heteroatoms. The fourth-order valence-corrected chi connectivity index (χ4v) is 5.35. The van der Waals surface area contributed by atoms with Crippen molar-refractivity contribution in [3.8, 4) is 22.9 Å². The number of aromatic nitrogens is 1. The van der Waals surface area contributed by atoms with Gasteiger partial charge in [-0.3, -0.25) is 0 Å². The van der Waals surface area contributed by atoms with E-state index in [0.29, 0.717) is 16.9 Å². The summed E-state index contributed by atoms with van der Waals surface area (Å²) in [5.74, 6) is 0. The Hall–Kier alpha value is -4.34. The van der Waals surface area contributed by atoms with Crippen LogP contribution in [0.4, 0.5) is 5.69 Å². The number of hydrogen-bond acceptors (Lipinski definition) is 1. The first-order valence-corrected chi connectivity index (χ1v) is 10.6. The van der Waals surface area contributed by atoms with Crippen LogP contribution in [0.3, 0.4) is 0 Å². The van der Waals surface area contributed by atoms with Gasteiger partial charge in [0.05, 0.1) is 34.9 Å². The third-order valence-corrected chi connectivity index (χ3v) is 6.86. The quantitative estimate of drug-likeness (QED) is 0.264. The van der Waals surface area contributed by atoms with Crippen molar-refractivity contribution in [1.29, 1.82) is 5.26 Å². The minimum Gasteiger partial charge on any atom is -0.318 e. The standard InChI is InChI=1S/C29H19N3/c1-29(2)23-12-6-4-10-19(23)21-16-27-22(15-24(21)29)20-11-5-7-14-26(20)32(27)28-18(17-30)9-8-13-25(28)31-3/h4-16H,1-2H3. The number of hydrogen-bond donors (Lipinski definition) is 0. The highest BCUT2D eigenvalue weighted by Crippen LogP contribution is 2.51. The molecule has 0 atom stereocenters. The molecule has 0 fully saturated rings. The lowest BCUT2D eigenvalue weighted by Gasteiger charge is -2.21. The Morgan fingerprint density at radius 3 is 2.41 bits per heavy atom. The van der Waals surface area contributed by atoms with Crippen LogP contribution < -0.4 is 0 Å². The monoisotopic (exact) mass is 409 g/mol. The summed E-state index contributed by atoms with van der Waals surface area (Å²) < 4.78 is 2.10. The fourth-order valence-electron chi connectivity index (χ4n) is 5.35. The summed E-state index contributed by atoms with van der Waals surface area (Å²) in [7, 11) is 0. The summed E-state index contributed by atoms with van der Waals surface area (Å²) in [5, 5.41) is 12.1. The summed E-state index contributed by atoms with van der Waals surface area (Å²) >= 11 is 0. The molecule has 0 saturated carbocycles. The van der Waals surface area contributed by atoms with E-state index < -0.39 is 0 Å². The molecule has 0 unspecified atom stereocenters. The highest BCUT2D eigenvalue weighted by Gasteiger charge is 2.36. The third kappa shape index (κ3) is 2.23. The van der Waals surface area contributed by atoms with Gasteiger partial charge in [0.25, 0.3) is 0 Å². The van der Waals surface area contributed by atoms with Gasteiger partial charge in [-0.05, 0) is 46.5 Å². The molecule has 3 nitrogen and oxygen atoms in total.